The summed E-state index contributed by atoms with van der Waals surface area (Å²) in [5.41, 5.74) is 0. The summed E-state index contributed by atoms with van der Waals surface area (Å²) < 4.78 is 5.57. The Morgan fingerprint density at radius 2 is 1.81 bits per heavy atom. The summed E-state index contributed by atoms with van der Waals surface area (Å²) in [5, 5.41) is 10.0. The van der Waals surface area contributed by atoms with Crippen molar-refractivity contribution in [2.45, 2.75) is 38.2 Å². The topological polar surface area (TPSA) is 29.5 Å². The van der Waals surface area contributed by atoms with Crippen LogP contribution in [0.15, 0.2) is 30.3 Å². The molecule has 0 unspecified atom stereocenters. The van der Waals surface area contributed by atoms with Crippen LogP contribution in [0.25, 0.3) is 0 Å². The first-order chi connectivity index (χ1) is 7.86. The van der Waals surface area contributed by atoms with Crippen LogP contribution >= 0.6 is 0 Å². The van der Waals surface area contributed by atoms with Crippen molar-refractivity contribution in [3.8, 4) is 5.75 Å². The lowest BCUT2D eigenvalue weighted by atomic mass is 9.85. The molecule has 1 aliphatic rings. The predicted octanol–water partition coefficient (Wildman–Crippen LogP) is 3.01. The summed E-state index contributed by atoms with van der Waals surface area (Å²) in [6.07, 6.45) is 5.84. The van der Waals surface area contributed by atoms with Crippen molar-refractivity contribution >= 4 is 0 Å². The molecule has 16 heavy (non-hydrogen) atoms. The second kappa shape index (κ2) is 5.90. The monoisotopic (exact) mass is 220 g/mol. The molecule has 1 N–H and O–H groups in total. The van der Waals surface area contributed by atoms with E-state index in [1.807, 2.05) is 30.3 Å². The summed E-state index contributed by atoms with van der Waals surface area (Å²) in [6.45, 7) is 0.425. The van der Waals surface area contributed by atoms with E-state index in [0.29, 0.717) is 12.5 Å². The SMILES string of the molecule is O[C@H](COc1ccccc1)C1CCCCC1. The molecule has 1 aromatic rings. The minimum atomic E-state index is -0.305. The lowest BCUT2D eigenvalue weighted by Crippen LogP contribution is -2.28. The van der Waals surface area contributed by atoms with Crippen molar-refractivity contribution in [1.29, 1.82) is 0 Å². The largest absolute Gasteiger partial charge is 0.491 e. The van der Waals surface area contributed by atoms with E-state index in [9.17, 15) is 5.11 Å². The highest BCUT2D eigenvalue weighted by molar-refractivity contribution is 5.20. The molecule has 1 aliphatic carbocycles. The number of para-hydroxylation sites is 1. The van der Waals surface area contributed by atoms with Gasteiger partial charge in [0.1, 0.15) is 12.4 Å². The molecule has 2 rings (SSSR count). The Balaban J connectivity index is 1.76. The third-order valence-electron chi connectivity index (χ3n) is 3.36. The molecule has 1 fully saturated rings. The second-order valence-electron chi connectivity index (χ2n) is 4.59. The second-order valence-corrected chi connectivity index (χ2v) is 4.59. The Bertz CT molecular complexity index is 291. The fraction of sp³-hybridized carbons (Fsp3) is 0.571. The smallest absolute Gasteiger partial charge is 0.119 e. The van der Waals surface area contributed by atoms with E-state index in [4.69, 9.17) is 4.74 Å². The van der Waals surface area contributed by atoms with E-state index in [1.165, 1.54) is 19.3 Å². The third kappa shape index (κ3) is 3.24. The van der Waals surface area contributed by atoms with Gasteiger partial charge in [-0.15, -0.1) is 0 Å². The summed E-state index contributed by atoms with van der Waals surface area (Å²) in [6, 6.07) is 9.70. The maximum Gasteiger partial charge on any atom is 0.119 e. The number of hydrogen-bond acceptors (Lipinski definition) is 2. The first-order valence-corrected chi connectivity index (χ1v) is 6.22. The number of aliphatic hydroxyl groups excluding tert-OH is 1. The highest BCUT2D eigenvalue weighted by Crippen LogP contribution is 2.26. The molecule has 0 aliphatic heterocycles. The molecule has 1 atom stereocenters. The summed E-state index contributed by atoms with van der Waals surface area (Å²) >= 11 is 0. The molecule has 0 bridgehead atoms. The predicted molar refractivity (Wildman–Crippen MR) is 64.5 cm³/mol. The Hall–Kier alpha value is -1.02. The highest BCUT2D eigenvalue weighted by atomic mass is 16.5. The van der Waals surface area contributed by atoms with Crippen LogP contribution in [0.1, 0.15) is 32.1 Å². The number of ether oxygens (including phenoxy) is 1. The molecule has 1 saturated carbocycles. The van der Waals surface area contributed by atoms with Crippen molar-refractivity contribution < 1.29 is 9.84 Å². The van der Waals surface area contributed by atoms with Crippen LogP contribution < -0.4 is 4.74 Å². The normalized spacial score (nSPS) is 19.3. The van der Waals surface area contributed by atoms with E-state index in [0.717, 1.165) is 18.6 Å². The number of aliphatic hydroxyl groups is 1. The van der Waals surface area contributed by atoms with Crippen LogP contribution in [0, 0.1) is 5.92 Å². The van der Waals surface area contributed by atoms with Gasteiger partial charge in [0.2, 0.25) is 0 Å². The van der Waals surface area contributed by atoms with Gasteiger partial charge in [0, 0.05) is 0 Å². The molecular weight excluding hydrogens is 200 g/mol. The minimum absolute atomic E-state index is 0.305. The van der Waals surface area contributed by atoms with E-state index in [1.54, 1.807) is 0 Å². The zero-order valence-electron chi connectivity index (χ0n) is 9.64. The van der Waals surface area contributed by atoms with Crippen molar-refractivity contribution in [3.63, 3.8) is 0 Å². The van der Waals surface area contributed by atoms with Crippen LogP contribution in [0.4, 0.5) is 0 Å². The first-order valence-electron chi connectivity index (χ1n) is 6.22. The zero-order chi connectivity index (χ0) is 11.2. The average molecular weight is 220 g/mol. The van der Waals surface area contributed by atoms with Gasteiger partial charge in [-0.05, 0) is 30.9 Å². The zero-order valence-corrected chi connectivity index (χ0v) is 9.64. The summed E-state index contributed by atoms with van der Waals surface area (Å²) in [7, 11) is 0. The van der Waals surface area contributed by atoms with Crippen molar-refractivity contribution in [2.24, 2.45) is 5.92 Å². The van der Waals surface area contributed by atoms with Crippen LogP contribution in [-0.4, -0.2) is 17.8 Å². The summed E-state index contributed by atoms with van der Waals surface area (Å²) in [4.78, 5) is 0. The van der Waals surface area contributed by atoms with Crippen molar-refractivity contribution in [1.82, 2.24) is 0 Å². The van der Waals surface area contributed by atoms with Gasteiger partial charge in [0.15, 0.2) is 0 Å². The Morgan fingerprint density at radius 1 is 1.12 bits per heavy atom. The lowest BCUT2D eigenvalue weighted by Gasteiger charge is -2.26. The molecular formula is C14H20O2. The molecule has 2 nitrogen and oxygen atoms in total. The fourth-order valence-corrected chi connectivity index (χ4v) is 2.35. The quantitative estimate of drug-likeness (QED) is 0.845. The Morgan fingerprint density at radius 3 is 2.50 bits per heavy atom. The standard InChI is InChI=1S/C14H20O2/c15-14(12-7-3-1-4-8-12)11-16-13-9-5-2-6-10-13/h2,5-6,9-10,12,14-15H,1,3-4,7-8,11H2/t14-/m1/s1. The van der Waals surface area contributed by atoms with E-state index < -0.39 is 0 Å². The van der Waals surface area contributed by atoms with Crippen LogP contribution in [0.5, 0.6) is 5.75 Å². The van der Waals surface area contributed by atoms with Crippen LogP contribution in [0.2, 0.25) is 0 Å². The summed E-state index contributed by atoms with van der Waals surface area (Å²) in [5.74, 6) is 1.29. The first kappa shape index (κ1) is 11.5. The van der Waals surface area contributed by atoms with E-state index >= 15 is 0 Å². The molecule has 0 radical (unpaired) electrons. The minimum Gasteiger partial charge on any atom is -0.491 e. The average Bonchev–Trinajstić information content (AvgIpc) is 2.38. The molecule has 0 spiro atoms. The molecule has 1 aromatic carbocycles. The Labute approximate surface area is 97.3 Å². The maximum atomic E-state index is 10.0. The third-order valence-corrected chi connectivity index (χ3v) is 3.36. The van der Waals surface area contributed by atoms with Gasteiger partial charge in [0.25, 0.3) is 0 Å². The molecule has 88 valence electrons. The maximum absolute atomic E-state index is 10.0. The molecule has 0 amide bonds. The molecule has 0 aromatic heterocycles. The molecule has 2 heteroatoms. The number of hydrogen-bond donors (Lipinski definition) is 1. The van der Waals surface area contributed by atoms with Gasteiger partial charge in [-0.1, -0.05) is 37.5 Å². The van der Waals surface area contributed by atoms with E-state index in [2.05, 4.69) is 0 Å². The number of rotatable bonds is 4. The van der Waals surface area contributed by atoms with Crippen molar-refractivity contribution in [3.05, 3.63) is 30.3 Å². The van der Waals surface area contributed by atoms with Crippen LogP contribution in [0.3, 0.4) is 0 Å². The molecule has 0 heterocycles. The van der Waals surface area contributed by atoms with Crippen LogP contribution in [-0.2, 0) is 0 Å². The van der Waals surface area contributed by atoms with Gasteiger partial charge >= 0.3 is 0 Å². The van der Waals surface area contributed by atoms with E-state index in [-0.39, 0.29) is 6.10 Å². The van der Waals surface area contributed by atoms with Gasteiger partial charge in [-0.2, -0.15) is 0 Å². The lowest BCUT2D eigenvalue weighted by molar-refractivity contribution is 0.0413. The highest BCUT2D eigenvalue weighted by Gasteiger charge is 2.21. The fourth-order valence-electron chi connectivity index (χ4n) is 2.35. The molecule has 0 saturated heterocycles. The van der Waals surface area contributed by atoms with Gasteiger partial charge in [-0.3, -0.25) is 0 Å². The van der Waals surface area contributed by atoms with Gasteiger partial charge in [-0.25, -0.2) is 0 Å². The van der Waals surface area contributed by atoms with Gasteiger partial charge < -0.3 is 9.84 Å². The Kier molecular flexibility index (Phi) is 4.23. The van der Waals surface area contributed by atoms with Gasteiger partial charge in [0.05, 0.1) is 6.10 Å². The van der Waals surface area contributed by atoms with Crippen molar-refractivity contribution in [2.75, 3.05) is 6.61 Å². The number of benzene rings is 1.